The molecule has 0 spiro atoms. The molecule has 0 radical (unpaired) electrons. The molecule has 5 heteroatoms. The van der Waals surface area contributed by atoms with Gasteiger partial charge in [0.2, 0.25) is 5.91 Å². The van der Waals surface area contributed by atoms with E-state index in [0.717, 1.165) is 18.5 Å². The van der Waals surface area contributed by atoms with Crippen molar-refractivity contribution in [3.05, 3.63) is 18.0 Å². The molecule has 0 saturated heterocycles. The molecule has 0 aliphatic carbocycles. The Hall–Kier alpha value is -1.36. The van der Waals surface area contributed by atoms with Gasteiger partial charge in [-0.15, -0.1) is 0 Å². The summed E-state index contributed by atoms with van der Waals surface area (Å²) in [6.07, 6.45) is 4.53. The van der Waals surface area contributed by atoms with Crippen molar-refractivity contribution in [2.24, 2.45) is 5.73 Å². The zero-order chi connectivity index (χ0) is 10.6. The van der Waals surface area contributed by atoms with Gasteiger partial charge in [-0.1, -0.05) is 6.92 Å². The van der Waals surface area contributed by atoms with E-state index < -0.39 is 6.04 Å². The lowest BCUT2D eigenvalue weighted by Crippen LogP contribution is -2.30. The van der Waals surface area contributed by atoms with E-state index in [1.165, 1.54) is 0 Å². The molecular weight excluding hydrogens is 180 g/mol. The molecule has 5 nitrogen and oxygen atoms in total. The van der Waals surface area contributed by atoms with Gasteiger partial charge in [-0.25, -0.2) is 0 Å². The molecular formula is C9H16N4O. The van der Waals surface area contributed by atoms with Gasteiger partial charge < -0.3 is 11.1 Å². The van der Waals surface area contributed by atoms with Crippen LogP contribution >= 0.6 is 0 Å². The lowest BCUT2D eigenvalue weighted by Gasteiger charge is -2.08. The van der Waals surface area contributed by atoms with Crippen LogP contribution in [0.3, 0.4) is 0 Å². The number of nitrogens with one attached hydrogen (secondary N) is 1. The molecule has 78 valence electrons. The quantitative estimate of drug-likeness (QED) is 0.698. The van der Waals surface area contributed by atoms with Crippen molar-refractivity contribution in [2.45, 2.75) is 25.9 Å². The van der Waals surface area contributed by atoms with E-state index in [-0.39, 0.29) is 5.91 Å². The van der Waals surface area contributed by atoms with Crippen LogP contribution < -0.4 is 11.1 Å². The second-order valence-electron chi connectivity index (χ2n) is 3.16. The molecule has 0 aliphatic rings. The minimum absolute atomic E-state index is 0.386. The van der Waals surface area contributed by atoms with E-state index in [4.69, 9.17) is 5.73 Å². The third-order valence-corrected chi connectivity index (χ3v) is 2.01. The Bertz CT molecular complexity index is 308. The summed E-state index contributed by atoms with van der Waals surface area (Å²) in [6.45, 7) is 2.93. The summed E-state index contributed by atoms with van der Waals surface area (Å²) >= 11 is 0. The van der Waals surface area contributed by atoms with Crippen molar-refractivity contribution in [1.82, 2.24) is 15.1 Å². The van der Waals surface area contributed by atoms with Crippen molar-refractivity contribution in [3.63, 3.8) is 0 Å². The molecule has 1 amide bonds. The highest BCUT2D eigenvalue weighted by molar-refractivity contribution is 5.81. The Balaban J connectivity index is 2.78. The van der Waals surface area contributed by atoms with E-state index in [1.54, 1.807) is 13.2 Å². The van der Waals surface area contributed by atoms with E-state index in [2.05, 4.69) is 17.3 Å². The second-order valence-corrected chi connectivity index (χ2v) is 3.16. The van der Waals surface area contributed by atoms with Gasteiger partial charge in [0.15, 0.2) is 0 Å². The van der Waals surface area contributed by atoms with Crippen LogP contribution in [0.15, 0.2) is 12.4 Å². The molecule has 1 unspecified atom stereocenters. The topological polar surface area (TPSA) is 72.9 Å². The van der Waals surface area contributed by atoms with Gasteiger partial charge >= 0.3 is 0 Å². The number of hydrogen-bond acceptors (Lipinski definition) is 3. The van der Waals surface area contributed by atoms with Gasteiger partial charge in [0.05, 0.1) is 6.20 Å². The van der Waals surface area contributed by atoms with Crippen LogP contribution in [0.2, 0.25) is 0 Å². The monoisotopic (exact) mass is 196 g/mol. The minimum Gasteiger partial charge on any atom is -0.368 e. The Kier molecular flexibility index (Phi) is 3.64. The first kappa shape index (κ1) is 10.7. The molecule has 3 N–H and O–H groups in total. The number of rotatable bonds is 5. The van der Waals surface area contributed by atoms with Crippen molar-refractivity contribution < 1.29 is 4.79 Å². The van der Waals surface area contributed by atoms with E-state index in [0.29, 0.717) is 0 Å². The standard InChI is InChI=1S/C9H16N4O/c1-3-4-13-6-7(5-12-13)8(11-2)9(10)14/h5-6,8,11H,3-4H2,1-2H3,(H2,10,14). The Morgan fingerprint density at radius 3 is 3.00 bits per heavy atom. The average molecular weight is 196 g/mol. The molecule has 1 rings (SSSR count). The number of nitrogens with two attached hydrogens (primary N) is 1. The van der Waals surface area contributed by atoms with Gasteiger partial charge in [0, 0.05) is 18.3 Å². The van der Waals surface area contributed by atoms with Gasteiger partial charge in [-0.05, 0) is 13.5 Å². The maximum absolute atomic E-state index is 11.0. The van der Waals surface area contributed by atoms with Crippen LogP contribution in [0, 0.1) is 0 Å². The van der Waals surface area contributed by atoms with Crippen LogP contribution in [0.25, 0.3) is 0 Å². The smallest absolute Gasteiger partial charge is 0.239 e. The lowest BCUT2D eigenvalue weighted by molar-refractivity contribution is -0.120. The molecule has 0 fully saturated rings. The molecule has 0 saturated carbocycles. The van der Waals surface area contributed by atoms with Crippen molar-refractivity contribution >= 4 is 5.91 Å². The molecule has 1 aromatic heterocycles. The fraction of sp³-hybridized carbons (Fsp3) is 0.556. The number of aryl methyl sites for hydroxylation is 1. The summed E-state index contributed by atoms with van der Waals surface area (Å²) in [5, 5.41) is 6.97. The number of carbonyl (C=O) groups excluding carboxylic acids is 1. The second kappa shape index (κ2) is 4.76. The first-order valence-corrected chi connectivity index (χ1v) is 4.68. The Labute approximate surface area is 83.3 Å². The predicted octanol–water partition coefficient (Wildman–Crippen LogP) is 0.0389. The molecule has 1 aromatic rings. The fourth-order valence-corrected chi connectivity index (χ4v) is 1.35. The van der Waals surface area contributed by atoms with Crippen LogP contribution in [0.4, 0.5) is 0 Å². The zero-order valence-corrected chi connectivity index (χ0v) is 8.53. The SMILES string of the molecule is CCCn1cc(C(NC)C(N)=O)cn1. The van der Waals surface area contributed by atoms with Crippen LogP contribution in [0.5, 0.6) is 0 Å². The van der Waals surface area contributed by atoms with Crippen LogP contribution in [-0.2, 0) is 11.3 Å². The van der Waals surface area contributed by atoms with Gasteiger partial charge in [0.25, 0.3) is 0 Å². The number of amides is 1. The highest BCUT2D eigenvalue weighted by atomic mass is 16.1. The van der Waals surface area contributed by atoms with Gasteiger partial charge in [0.1, 0.15) is 6.04 Å². The molecule has 1 atom stereocenters. The molecule has 14 heavy (non-hydrogen) atoms. The fourth-order valence-electron chi connectivity index (χ4n) is 1.35. The van der Waals surface area contributed by atoms with Crippen LogP contribution in [0.1, 0.15) is 24.9 Å². The summed E-state index contributed by atoms with van der Waals surface area (Å²) in [7, 11) is 1.70. The summed E-state index contributed by atoms with van der Waals surface area (Å²) < 4.78 is 1.81. The molecule has 1 heterocycles. The predicted molar refractivity (Wildman–Crippen MR) is 53.5 cm³/mol. The van der Waals surface area contributed by atoms with E-state index >= 15 is 0 Å². The highest BCUT2D eigenvalue weighted by Gasteiger charge is 2.16. The maximum atomic E-state index is 11.0. The van der Waals surface area contributed by atoms with E-state index in [9.17, 15) is 4.79 Å². The average Bonchev–Trinajstić information content (AvgIpc) is 2.54. The van der Waals surface area contributed by atoms with Gasteiger partial charge in [-0.3, -0.25) is 9.48 Å². The summed E-state index contributed by atoms with van der Waals surface area (Å²) in [4.78, 5) is 11.0. The molecule has 0 aliphatic heterocycles. The first-order valence-electron chi connectivity index (χ1n) is 4.68. The Morgan fingerprint density at radius 1 is 1.79 bits per heavy atom. The highest BCUT2D eigenvalue weighted by Crippen LogP contribution is 2.10. The van der Waals surface area contributed by atoms with Crippen molar-refractivity contribution in [1.29, 1.82) is 0 Å². The lowest BCUT2D eigenvalue weighted by atomic mass is 10.1. The number of nitrogens with zero attached hydrogens (tertiary/aromatic N) is 2. The summed E-state index contributed by atoms with van der Waals surface area (Å²) in [5.74, 6) is -0.386. The Morgan fingerprint density at radius 2 is 2.50 bits per heavy atom. The third-order valence-electron chi connectivity index (χ3n) is 2.01. The van der Waals surface area contributed by atoms with Crippen LogP contribution in [-0.4, -0.2) is 22.7 Å². The summed E-state index contributed by atoms with van der Waals surface area (Å²) in [6, 6.07) is -0.444. The third kappa shape index (κ3) is 2.32. The van der Waals surface area contributed by atoms with Gasteiger partial charge in [-0.2, -0.15) is 5.10 Å². The number of primary amides is 1. The zero-order valence-electron chi connectivity index (χ0n) is 8.53. The maximum Gasteiger partial charge on any atom is 0.239 e. The summed E-state index contributed by atoms with van der Waals surface area (Å²) in [5.41, 5.74) is 6.04. The normalized spacial score (nSPS) is 12.7. The number of hydrogen-bond donors (Lipinski definition) is 2. The number of aromatic nitrogens is 2. The molecule has 0 bridgehead atoms. The molecule has 0 aromatic carbocycles. The van der Waals surface area contributed by atoms with Crippen molar-refractivity contribution in [2.75, 3.05) is 7.05 Å². The first-order chi connectivity index (χ1) is 6.69. The van der Waals surface area contributed by atoms with Crippen molar-refractivity contribution in [3.8, 4) is 0 Å². The largest absolute Gasteiger partial charge is 0.368 e. The minimum atomic E-state index is -0.444. The van der Waals surface area contributed by atoms with E-state index in [1.807, 2.05) is 10.9 Å². The number of carbonyl (C=O) groups is 1. The number of likely N-dealkylation sites (N-methyl/N-ethyl adjacent to an activating group) is 1.